The van der Waals surface area contributed by atoms with Gasteiger partial charge in [0, 0.05) is 6.54 Å². The van der Waals surface area contributed by atoms with Crippen molar-refractivity contribution in [1.29, 1.82) is 0 Å². The third-order valence-electron chi connectivity index (χ3n) is 4.50. The van der Waals surface area contributed by atoms with Crippen molar-refractivity contribution in [1.82, 2.24) is 20.2 Å². The molecule has 1 aromatic heterocycles. The monoisotopic (exact) mass is 321 g/mol. The number of aromatic nitrogens is 4. The van der Waals surface area contributed by atoms with Gasteiger partial charge >= 0.3 is 0 Å². The van der Waals surface area contributed by atoms with E-state index in [0.29, 0.717) is 0 Å². The van der Waals surface area contributed by atoms with E-state index in [4.69, 9.17) is 0 Å². The van der Waals surface area contributed by atoms with Gasteiger partial charge in [-0.15, -0.1) is 5.10 Å². The van der Waals surface area contributed by atoms with Crippen LogP contribution in [0.1, 0.15) is 104 Å². The summed E-state index contributed by atoms with van der Waals surface area (Å²) in [6.45, 7) is 5.56. The number of tetrazole rings is 1. The minimum atomic E-state index is 0.882. The average Bonchev–Trinajstić information content (AvgIpc) is 3.04. The molecule has 0 aromatic carbocycles. The van der Waals surface area contributed by atoms with Gasteiger partial charge in [0.1, 0.15) is 0 Å². The van der Waals surface area contributed by atoms with Crippen LogP contribution >= 0.6 is 0 Å². The smallest absolute Gasteiger partial charge is 0.221 e. The highest BCUT2D eigenvalue weighted by Crippen LogP contribution is 2.14. The van der Waals surface area contributed by atoms with Crippen LogP contribution in [0, 0.1) is 12.2 Å². The molecular weight excluding hydrogens is 284 g/mol. The molecule has 0 N–H and O–H groups in total. The molecule has 23 heavy (non-hydrogen) atoms. The first-order valence-electron chi connectivity index (χ1n) is 9.93. The Bertz CT molecular complexity index is 335. The van der Waals surface area contributed by atoms with Crippen molar-refractivity contribution in [2.75, 3.05) is 0 Å². The molecule has 0 saturated heterocycles. The molecule has 0 bridgehead atoms. The van der Waals surface area contributed by atoms with Crippen LogP contribution in [0.3, 0.4) is 0 Å². The lowest BCUT2D eigenvalue weighted by molar-refractivity contribution is 0.495. The Morgan fingerprint density at radius 3 is 1.61 bits per heavy atom. The first-order valence-corrected chi connectivity index (χ1v) is 9.93. The Morgan fingerprint density at radius 1 is 0.696 bits per heavy atom. The van der Waals surface area contributed by atoms with Gasteiger partial charge < -0.3 is 0 Å². The summed E-state index contributed by atoms with van der Waals surface area (Å²) in [5.41, 5.74) is 0. The third kappa shape index (κ3) is 13.2. The van der Waals surface area contributed by atoms with Crippen LogP contribution in [0.2, 0.25) is 0 Å². The van der Waals surface area contributed by atoms with Crippen molar-refractivity contribution < 1.29 is 0 Å². The van der Waals surface area contributed by atoms with E-state index in [1.54, 1.807) is 4.68 Å². The first kappa shape index (κ1) is 20.1. The number of hydrogen-bond acceptors (Lipinski definition) is 3. The summed E-state index contributed by atoms with van der Waals surface area (Å²) >= 11 is 0. The van der Waals surface area contributed by atoms with E-state index in [-0.39, 0.29) is 0 Å². The summed E-state index contributed by atoms with van der Waals surface area (Å²) in [6.07, 6.45) is 22.3. The van der Waals surface area contributed by atoms with E-state index in [9.17, 15) is 0 Å². The first-order chi connectivity index (χ1) is 11.3. The van der Waals surface area contributed by atoms with E-state index in [2.05, 4.69) is 35.7 Å². The van der Waals surface area contributed by atoms with E-state index in [0.717, 1.165) is 12.5 Å². The molecule has 0 aliphatic carbocycles. The zero-order chi connectivity index (χ0) is 16.6. The number of hydrogen-bond donors (Lipinski definition) is 0. The van der Waals surface area contributed by atoms with Gasteiger partial charge in [0.05, 0.1) is 0 Å². The van der Waals surface area contributed by atoms with Crippen molar-refractivity contribution >= 4 is 0 Å². The SMILES string of the molecule is CC(C)CCCCCCCCCCCCCCCn1[c]nnn1. The Kier molecular flexibility index (Phi) is 12.8. The maximum atomic E-state index is 3.82. The van der Waals surface area contributed by atoms with Gasteiger partial charge in [0.25, 0.3) is 0 Å². The highest BCUT2D eigenvalue weighted by molar-refractivity contribution is 4.51. The van der Waals surface area contributed by atoms with Gasteiger partial charge in [-0.05, 0) is 22.8 Å². The highest BCUT2D eigenvalue weighted by atomic mass is 15.5. The molecule has 0 aliphatic heterocycles. The lowest BCUT2D eigenvalue weighted by Crippen LogP contribution is -1.99. The van der Waals surface area contributed by atoms with Crippen molar-refractivity contribution in [3.63, 3.8) is 0 Å². The zero-order valence-electron chi connectivity index (χ0n) is 15.5. The van der Waals surface area contributed by atoms with Gasteiger partial charge in [-0.2, -0.15) is 0 Å². The Balaban J connectivity index is 1.68. The zero-order valence-corrected chi connectivity index (χ0v) is 15.5. The maximum absolute atomic E-state index is 3.82. The minimum Gasteiger partial charge on any atom is -0.223 e. The second kappa shape index (κ2) is 14.6. The fourth-order valence-electron chi connectivity index (χ4n) is 3.01. The molecule has 1 aromatic rings. The van der Waals surface area contributed by atoms with Crippen LogP contribution in [-0.4, -0.2) is 20.2 Å². The van der Waals surface area contributed by atoms with Crippen LogP contribution in [-0.2, 0) is 6.54 Å². The van der Waals surface area contributed by atoms with Crippen molar-refractivity contribution in [3.05, 3.63) is 6.33 Å². The second-order valence-corrected chi connectivity index (χ2v) is 7.28. The molecule has 4 nitrogen and oxygen atoms in total. The largest absolute Gasteiger partial charge is 0.223 e. The lowest BCUT2D eigenvalue weighted by Gasteiger charge is -2.05. The van der Waals surface area contributed by atoms with E-state index in [1.807, 2.05) is 0 Å². The van der Waals surface area contributed by atoms with Gasteiger partial charge in [0.2, 0.25) is 6.33 Å². The number of nitrogens with zero attached hydrogens (tertiary/aromatic N) is 4. The minimum absolute atomic E-state index is 0.882. The van der Waals surface area contributed by atoms with Crippen LogP contribution in [0.4, 0.5) is 0 Å². The van der Waals surface area contributed by atoms with Crippen molar-refractivity contribution in [2.24, 2.45) is 5.92 Å². The molecular formula is C19H37N4. The number of rotatable bonds is 16. The topological polar surface area (TPSA) is 43.6 Å². The Morgan fingerprint density at radius 2 is 1.17 bits per heavy atom. The van der Waals surface area contributed by atoms with Crippen LogP contribution < -0.4 is 0 Å². The second-order valence-electron chi connectivity index (χ2n) is 7.28. The molecule has 0 fully saturated rings. The van der Waals surface area contributed by atoms with Crippen LogP contribution in [0.25, 0.3) is 0 Å². The van der Waals surface area contributed by atoms with E-state index >= 15 is 0 Å². The molecule has 0 spiro atoms. The number of aryl methyl sites for hydroxylation is 1. The summed E-state index contributed by atoms with van der Waals surface area (Å²) in [6, 6.07) is 0. The quantitative estimate of drug-likeness (QED) is 0.373. The predicted molar refractivity (Wildman–Crippen MR) is 96.1 cm³/mol. The van der Waals surface area contributed by atoms with Gasteiger partial charge in [0.15, 0.2) is 0 Å². The Hall–Kier alpha value is -0.930. The van der Waals surface area contributed by atoms with Crippen LogP contribution in [0.15, 0.2) is 0 Å². The fraction of sp³-hybridized carbons (Fsp3) is 0.947. The van der Waals surface area contributed by atoms with Gasteiger partial charge in [-0.3, -0.25) is 0 Å². The molecule has 0 unspecified atom stereocenters. The summed E-state index contributed by atoms with van der Waals surface area (Å²) < 4.78 is 1.70. The summed E-state index contributed by atoms with van der Waals surface area (Å²) in [7, 11) is 0. The maximum Gasteiger partial charge on any atom is 0.221 e. The van der Waals surface area contributed by atoms with Gasteiger partial charge in [-0.1, -0.05) is 97.3 Å². The molecule has 1 rings (SSSR count). The normalized spacial score (nSPS) is 11.4. The lowest BCUT2D eigenvalue weighted by atomic mass is 10.0. The third-order valence-corrected chi connectivity index (χ3v) is 4.50. The summed E-state index contributed by atoms with van der Waals surface area (Å²) in [5.74, 6) is 0.882. The molecule has 1 heterocycles. The Labute approximate surface area is 143 Å². The average molecular weight is 322 g/mol. The fourth-order valence-corrected chi connectivity index (χ4v) is 3.01. The van der Waals surface area contributed by atoms with Crippen LogP contribution in [0.5, 0.6) is 0 Å². The van der Waals surface area contributed by atoms with Crippen molar-refractivity contribution in [2.45, 2.75) is 110 Å². The molecule has 4 heteroatoms. The molecule has 1 radical (unpaired) electrons. The van der Waals surface area contributed by atoms with E-state index in [1.165, 1.54) is 89.9 Å². The molecule has 0 amide bonds. The molecule has 0 atom stereocenters. The van der Waals surface area contributed by atoms with Crippen molar-refractivity contribution in [3.8, 4) is 0 Å². The predicted octanol–water partition coefficient (Wildman–Crippen LogP) is 5.59. The summed E-state index contributed by atoms with van der Waals surface area (Å²) in [5, 5.41) is 10.9. The number of unbranched alkanes of at least 4 members (excludes halogenated alkanes) is 12. The standard InChI is InChI=1S/C19H37N4/c1-19(2)16-14-12-10-8-6-4-3-5-7-9-11-13-15-17-23-18-20-21-22-23/h19H,3-17H2,1-2H3. The highest BCUT2D eigenvalue weighted by Gasteiger charge is 1.97. The van der Waals surface area contributed by atoms with E-state index < -0.39 is 0 Å². The summed E-state index contributed by atoms with van der Waals surface area (Å²) in [4.78, 5) is 0. The molecule has 0 saturated carbocycles. The molecule has 133 valence electrons. The molecule has 0 aliphatic rings. The van der Waals surface area contributed by atoms with Gasteiger partial charge in [-0.25, -0.2) is 4.68 Å².